The van der Waals surface area contributed by atoms with E-state index in [1.165, 1.54) is 6.92 Å². The number of benzene rings is 1. The van der Waals surface area contributed by atoms with Crippen LogP contribution < -0.4 is 5.32 Å². The minimum atomic E-state index is -0.542. The molecule has 0 aromatic heterocycles. The molecule has 1 saturated heterocycles. The quantitative estimate of drug-likeness (QED) is 0.924. The molecule has 0 bridgehead atoms. The fourth-order valence-corrected chi connectivity index (χ4v) is 4.66. The van der Waals surface area contributed by atoms with E-state index >= 15 is 0 Å². The molecule has 1 aromatic carbocycles. The van der Waals surface area contributed by atoms with Gasteiger partial charge >= 0.3 is 0 Å². The lowest BCUT2D eigenvalue weighted by Gasteiger charge is -2.34. The van der Waals surface area contributed by atoms with Crippen LogP contribution in [0.5, 0.6) is 0 Å². The summed E-state index contributed by atoms with van der Waals surface area (Å²) in [6.07, 6.45) is 0.244. The molecule has 20 heavy (non-hydrogen) atoms. The number of anilines is 1. The van der Waals surface area contributed by atoms with E-state index in [-0.39, 0.29) is 27.7 Å². The number of hydrogen-bond acceptors (Lipinski definition) is 3. The van der Waals surface area contributed by atoms with Gasteiger partial charge in [-0.25, -0.2) is 0 Å². The maximum Gasteiger partial charge on any atom is 0.227 e. The summed E-state index contributed by atoms with van der Waals surface area (Å²) in [6.45, 7) is 4.10. The molecule has 108 valence electrons. The van der Waals surface area contributed by atoms with Crippen LogP contribution in [0.3, 0.4) is 0 Å². The molecule has 1 aromatic rings. The number of nitrogens with one attached hydrogen (secondary N) is 1. The summed E-state index contributed by atoms with van der Waals surface area (Å²) in [5.74, 6) is 0.679. The fraction of sp³-hybridized carbons (Fsp3) is 0.429. The molecule has 4 nitrogen and oxygen atoms in total. The Morgan fingerprint density at radius 3 is 2.65 bits per heavy atom. The van der Waals surface area contributed by atoms with E-state index in [0.717, 1.165) is 11.4 Å². The van der Waals surface area contributed by atoms with E-state index in [2.05, 4.69) is 5.32 Å². The molecule has 0 radical (unpaired) electrons. The van der Waals surface area contributed by atoms with Crippen molar-refractivity contribution in [1.82, 2.24) is 4.90 Å². The lowest BCUT2D eigenvalue weighted by molar-refractivity contribution is -0.131. The van der Waals surface area contributed by atoms with Crippen LogP contribution in [0.15, 0.2) is 30.3 Å². The Hall–Kier alpha value is -1.27. The monoisotopic (exact) mass is 310 g/mol. The summed E-state index contributed by atoms with van der Waals surface area (Å²) in [5.41, 5.74) is 0.762. The van der Waals surface area contributed by atoms with Crippen LogP contribution in [-0.4, -0.2) is 33.9 Å². The minimum Gasteiger partial charge on any atom is -0.327 e. The largest absolute Gasteiger partial charge is 0.327 e. The van der Waals surface area contributed by atoms with E-state index in [0.29, 0.717) is 6.54 Å². The molecule has 0 aliphatic carbocycles. The first kappa shape index (κ1) is 15.1. The second-order valence-electron chi connectivity index (χ2n) is 4.99. The van der Waals surface area contributed by atoms with Gasteiger partial charge in [0.25, 0.3) is 0 Å². The second kappa shape index (κ2) is 6.01. The average molecular weight is 310 g/mol. The van der Waals surface area contributed by atoms with Gasteiger partial charge in [-0.1, -0.05) is 27.7 Å². The van der Waals surface area contributed by atoms with E-state index in [4.69, 9.17) is 11.2 Å². The Bertz CT molecular complexity index is 547. The first-order chi connectivity index (χ1) is 9.43. The molecule has 0 spiro atoms. The predicted octanol–water partition coefficient (Wildman–Crippen LogP) is 1.67. The normalized spacial score (nSPS) is 25.5. The Balaban J connectivity index is 2.09. The molecule has 2 unspecified atom stereocenters. The molecule has 2 amide bonds. The van der Waals surface area contributed by atoms with Gasteiger partial charge in [0.2, 0.25) is 11.8 Å². The van der Waals surface area contributed by atoms with Crippen molar-refractivity contribution >= 4 is 38.1 Å². The summed E-state index contributed by atoms with van der Waals surface area (Å²) in [5, 5.41) is 2.86. The van der Waals surface area contributed by atoms with Gasteiger partial charge in [0.15, 0.2) is 0 Å². The van der Waals surface area contributed by atoms with Crippen LogP contribution in [0, 0.1) is 0 Å². The summed E-state index contributed by atoms with van der Waals surface area (Å²) in [7, 11) is -0.378. The van der Waals surface area contributed by atoms with Crippen molar-refractivity contribution in [1.29, 1.82) is 0 Å². The molecule has 0 saturated carbocycles. The maximum absolute atomic E-state index is 12.2. The van der Waals surface area contributed by atoms with Crippen molar-refractivity contribution in [3.63, 3.8) is 0 Å². The topological polar surface area (TPSA) is 49.4 Å². The zero-order valence-corrected chi connectivity index (χ0v) is 13.2. The van der Waals surface area contributed by atoms with Gasteiger partial charge < -0.3 is 10.2 Å². The van der Waals surface area contributed by atoms with Gasteiger partial charge in [-0.05, 0) is 30.2 Å². The number of para-hydroxylation sites is 1. The van der Waals surface area contributed by atoms with Crippen LogP contribution in [-0.2, 0) is 30.2 Å². The van der Waals surface area contributed by atoms with Gasteiger partial charge in [-0.3, -0.25) is 9.59 Å². The number of carbonyl (C=O) groups excluding carboxylic acids is 2. The van der Waals surface area contributed by atoms with Crippen molar-refractivity contribution in [2.24, 2.45) is 0 Å². The molecule has 1 aliphatic rings. The van der Waals surface area contributed by atoms with Crippen LogP contribution in [0.2, 0.25) is 0 Å². The number of nitrogens with zero attached hydrogens (tertiary/aromatic N) is 1. The number of carbonyl (C=O) groups is 2. The molecular formula is C14H18N2O2S2. The third-order valence-corrected chi connectivity index (χ3v) is 6.96. The highest BCUT2D eigenvalue weighted by Gasteiger charge is 2.43. The third-order valence-electron chi connectivity index (χ3n) is 3.49. The molecular weight excluding hydrogens is 292 g/mol. The van der Waals surface area contributed by atoms with Crippen molar-refractivity contribution in [3.05, 3.63) is 30.3 Å². The summed E-state index contributed by atoms with van der Waals surface area (Å²) in [6, 6.07) is 9.31. The van der Waals surface area contributed by atoms with E-state index in [9.17, 15) is 9.59 Å². The molecule has 1 heterocycles. The molecule has 1 N–H and O–H groups in total. The molecule has 6 heteroatoms. The highest BCUT2D eigenvalue weighted by atomic mass is 32.8. The lowest BCUT2D eigenvalue weighted by atomic mass is 10.1. The Kier molecular flexibility index (Phi) is 4.55. The van der Waals surface area contributed by atoms with Gasteiger partial charge in [0.05, 0.1) is 11.3 Å². The first-order valence-electron chi connectivity index (χ1n) is 6.45. The summed E-state index contributed by atoms with van der Waals surface area (Å²) < 4.78 is 0. The van der Waals surface area contributed by atoms with Crippen molar-refractivity contribution in [2.45, 2.75) is 25.1 Å². The van der Waals surface area contributed by atoms with Crippen LogP contribution >= 0.6 is 0 Å². The Labute approximate surface area is 126 Å². The number of amides is 2. The highest BCUT2D eigenvalue weighted by molar-refractivity contribution is 8.29. The Morgan fingerprint density at radius 1 is 1.40 bits per heavy atom. The maximum atomic E-state index is 12.2. The first-order valence-corrected chi connectivity index (χ1v) is 8.77. The molecule has 1 aliphatic heterocycles. The van der Waals surface area contributed by atoms with Crippen molar-refractivity contribution < 1.29 is 9.59 Å². The predicted molar refractivity (Wildman–Crippen MR) is 85.1 cm³/mol. The minimum absolute atomic E-state index is 0.0140. The zero-order chi connectivity index (χ0) is 14.8. The van der Waals surface area contributed by atoms with Crippen molar-refractivity contribution in [2.75, 3.05) is 17.6 Å². The molecule has 2 rings (SSSR count). The van der Waals surface area contributed by atoms with E-state index in [1.54, 1.807) is 4.90 Å². The Morgan fingerprint density at radius 2 is 2.05 bits per heavy atom. The van der Waals surface area contributed by atoms with E-state index < -0.39 is 4.87 Å². The zero-order valence-electron chi connectivity index (χ0n) is 11.6. The third kappa shape index (κ3) is 3.07. The molecule has 1 fully saturated rings. The standard InChI is InChI=1S/C14H18N2O2S2/c1-11(17)16-8-9-20(19)14(16,2)10-13(18)15-12-6-4-3-5-7-12/h3-7H,8-10H2,1-2H3,(H,15,18). The summed E-state index contributed by atoms with van der Waals surface area (Å²) in [4.78, 5) is 25.1. The van der Waals surface area contributed by atoms with Crippen LogP contribution in [0.1, 0.15) is 20.3 Å². The second-order valence-corrected chi connectivity index (χ2v) is 8.17. The van der Waals surface area contributed by atoms with E-state index in [1.807, 2.05) is 37.3 Å². The van der Waals surface area contributed by atoms with Crippen LogP contribution in [0.25, 0.3) is 0 Å². The van der Waals surface area contributed by atoms with Crippen LogP contribution in [0.4, 0.5) is 5.69 Å². The average Bonchev–Trinajstić information content (AvgIpc) is 2.66. The lowest BCUT2D eigenvalue weighted by Crippen LogP contribution is -2.48. The van der Waals surface area contributed by atoms with Gasteiger partial charge in [-0.15, -0.1) is 0 Å². The number of hydrogen-bond donors (Lipinski definition) is 1. The van der Waals surface area contributed by atoms with Gasteiger partial charge in [-0.2, -0.15) is 0 Å². The fourth-order valence-electron chi connectivity index (χ4n) is 2.44. The van der Waals surface area contributed by atoms with Crippen molar-refractivity contribution in [3.8, 4) is 0 Å². The van der Waals surface area contributed by atoms with Gasteiger partial charge in [0, 0.05) is 24.9 Å². The number of rotatable bonds is 3. The molecule has 2 atom stereocenters. The SMILES string of the molecule is CC(=O)N1CCS(=S)C1(C)CC(=O)Nc1ccccc1. The summed E-state index contributed by atoms with van der Waals surface area (Å²) >= 11 is 5.47. The van der Waals surface area contributed by atoms with Gasteiger partial charge in [0.1, 0.15) is 0 Å². The highest BCUT2D eigenvalue weighted by Crippen LogP contribution is 2.30. The smallest absolute Gasteiger partial charge is 0.227 e.